The summed E-state index contributed by atoms with van der Waals surface area (Å²) in [5, 5.41) is 6.35. The quantitative estimate of drug-likeness (QED) is 0.777. The van der Waals surface area contributed by atoms with Crippen LogP contribution in [-0.2, 0) is 10.0 Å². The van der Waals surface area contributed by atoms with Crippen LogP contribution in [0.4, 0.5) is 5.69 Å². The average molecular weight is 325 g/mol. The number of anilines is 1. The zero-order valence-corrected chi connectivity index (χ0v) is 14.0. The van der Waals surface area contributed by atoms with Crippen molar-refractivity contribution in [1.29, 1.82) is 0 Å². The van der Waals surface area contributed by atoms with Crippen LogP contribution in [0.1, 0.15) is 35.7 Å². The van der Waals surface area contributed by atoms with Crippen LogP contribution in [0.25, 0.3) is 0 Å². The van der Waals surface area contributed by atoms with Gasteiger partial charge in [0.05, 0.1) is 11.9 Å². The Labute approximate surface area is 131 Å². The summed E-state index contributed by atoms with van der Waals surface area (Å²) in [4.78, 5) is 12.4. The van der Waals surface area contributed by atoms with Gasteiger partial charge in [-0.1, -0.05) is 6.07 Å². The fourth-order valence-corrected chi connectivity index (χ4v) is 3.19. The maximum absolute atomic E-state index is 12.4. The Kier molecular flexibility index (Phi) is 5.08. The smallest absolute Gasteiger partial charge is 0.251 e. The molecule has 0 bridgehead atoms. The molecule has 1 aromatic carbocycles. The predicted octanol–water partition coefficient (Wildman–Crippen LogP) is 1.24. The minimum Gasteiger partial charge on any atom is -0.348 e. The third-order valence-corrected chi connectivity index (χ3v) is 4.46. The van der Waals surface area contributed by atoms with Gasteiger partial charge in [0.1, 0.15) is 0 Å². The second-order valence-corrected chi connectivity index (χ2v) is 7.62. The van der Waals surface area contributed by atoms with Gasteiger partial charge in [0, 0.05) is 17.6 Å². The van der Waals surface area contributed by atoms with E-state index in [1.807, 2.05) is 0 Å². The van der Waals surface area contributed by atoms with Gasteiger partial charge in [-0.3, -0.25) is 9.52 Å². The van der Waals surface area contributed by atoms with Crippen molar-refractivity contribution < 1.29 is 13.2 Å². The molecule has 0 spiro atoms. The van der Waals surface area contributed by atoms with Gasteiger partial charge in [-0.2, -0.15) is 0 Å². The summed E-state index contributed by atoms with van der Waals surface area (Å²) in [6.45, 7) is 4.82. The molecule has 3 N–H and O–H groups in total. The second kappa shape index (κ2) is 6.66. The van der Waals surface area contributed by atoms with E-state index in [-0.39, 0.29) is 18.0 Å². The van der Waals surface area contributed by atoms with Crippen molar-refractivity contribution >= 4 is 21.6 Å². The SMILES string of the molecule is Cc1ccc(C(=O)NC2CCCNC2C)cc1NS(C)(=O)=O. The summed E-state index contributed by atoms with van der Waals surface area (Å²) < 4.78 is 25.2. The van der Waals surface area contributed by atoms with E-state index in [0.29, 0.717) is 11.3 Å². The number of carbonyl (C=O) groups is 1. The number of carbonyl (C=O) groups excluding carboxylic acids is 1. The Balaban J connectivity index is 2.14. The van der Waals surface area contributed by atoms with Gasteiger partial charge >= 0.3 is 0 Å². The van der Waals surface area contributed by atoms with Crippen molar-refractivity contribution in [3.63, 3.8) is 0 Å². The van der Waals surface area contributed by atoms with Gasteiger partial charge in [-0.25, -0.2) is 8.42 Å². The zero-order chi connectivity index (χ0) is 16.3. The lowest BCUT2D eigenvalue weighted by molar-refractivity contribution is 0.0920. The van der Waals surface area contributed by atoms with Crippen LogP contribution in [0.2, 0.25) is 0 Å². The highest BCUT2D eigenvalue weighted by Crippen LogP contribution is 2.18. The average Bonchev–Trinajstić information content (AvgIpc) is 2.42. The molecule has 1 aromatic rings. The Morgan fingerprint density at radius 3 is 2.73 bits per heavy atom. The molecule has 22 heavy (non-hydrogen) atoms. The third kappa shape index (κ3) is 4.45. The third-order valence-electron chi connectivity index (χ3n) is 3.87. The van der Waals surface area contributed by atoms with Gasteiger partial charge in [0.15, 0.2) is 0 Å². The summed E-state index contributed by atoms with van der Waals surface area (Å²) in [6.07, 6.45) is 3.07. The molecule has 2 atom stereocenters. The first-order valence-electron chi connectivity index (χ1n) is 7.39. The Morgan fingerprint density at radius 1 is 1.36 bits per heavy atom. The van der Waals surface area contributed by atoms with Crippen LogP contribution in [0.15, 0.2) is 18.2 Å². The highest BCUT2D eigenvalue weighted by Gasteiger charge is 2.23. The van der Waals surface area contributed by atoms with Crippen LogP contribution in [0.3, 0.4) is 0 Å². The van der Waals surface area contributed by atoms with Crippen molar-refractivity contribution in [2.75, 3.05) is 17.5 Å². The number of hydrogen-bond donors (Lipinski definition) is 3. The van der Waals surface area contributed by atoms with Crippen LogP contribution in [0.5, 0.6) is 0 Å². The lowest BCUT2D eigenvalue weighted by atomic mass is 9.99. The van der Waals surface area contributed by atoms with E-state index >= 15 is 0 Å². The molecular weight excluding hydrogens is 302 g/mol. The molecule has 0 aromatic heterocycles. The number of hydrogen-bond acceptors (Lipinski definition) is 4. The normalized spacial score (nSPS) is 22.1. The maximum atomic E-state index is 12.4. The van der Waals surface area contributed by atoms with Crippen molar-refractivity contribution in [2.45, 2.75) is 38.8 Å². The highest BCUT2D eigenvalue weighted by molar-refractivity contribution is 7.92. The van der Waals surface area contributed by atoms with E-state index in [4.69, 9.17) is 0 Å². The fraction of sp³-hybridized carbons (Fsp3) is 0.533. The van der Waals surface area contributed by atoms with Crippen molar-refractivity contribution in [3.05, 3.63) is 29.3 Å². The second-order valence-electron chi connectivity index (χ2n) is 5.87. The molecule has 1 heterocycles. The number of sulfonamides is 1. The lowest BCUT2D eigenvalue weighted by Crippen LogP contribution is -2.51. The van der Waals surface area contributed by atoms with Gasteiger partial charge < -0.3 is 10.6 Å². The summed E-state index contributed by atoms with van der Waals surface area (Å²) in [7, 11) is -3.37. The minimum atomic E-state index is -3.37. The zero-order valence-electron chi connectivity index (χ0n) is 13.1. The molecule has 1 aliphatic rings. The van der Waals surface area contributed by atoms with E-state index in [9.17, 15) is 13.2 Å². The van der Waals surface area contributed by atoms with E-state index < -0.39 is 10.0 Å². The number of rotatable bonds is 4. The molecule has 6 nitrogen and oxygen atoms in total. The number of piperidine rings is 1. The molecule has 122 valence electrons. The van der Waals surface area contributed by atoms with Gasteiger partial charge in [0.2, 0.25) is 10.0 Å². The summed E-state index contributed by atoms with van der Waals surface area (Å²) >= 11 is 0. The van der Waals surface area contributed by atoms with Gasteiger partial charge in [-0.15, -0.1) is 0 Å². The number of nitrogens with one attached hydrogen (secondary N) is 3. The van der Waals surface area contributed by atoms with Crippen molar-refractivity contribution in [1.82, 2.24) is 10.6 Å². The molecule has 0 saturated carbocycles. The Morgan fingerprint density at radius 2 is 2.09 bits per heavy atom. The van der Waals surface area contributed by atoms with Crippen LogP contribution >= 0.6 is 0 Å². The van der Waals surface area contributed by atoms with Crippen molar-refractivity contribution in [2.24, 2.45) is 0 Å². The largest absolute Gasteiger partial charge is 0.348 e. The van der Waals surface area contributed by atoms with E-state index in [1.165, 1.54) is 0 Å². The molecule has 0 radical (unpaired) electrons. The predicted molar refractivity (Wildman–Crippen MR) is 87.6 cm³/mol. The monoisotopic (exact) mass is 325 g/mol. The standard InChI is InChI=1S/C15H23N3O3S/c1-10-6-7-12(9-14(10)18-22(3,20)21)15(19)17-13-5-4-8-16-11(13)2/h6-7,9,11,13,16,18H,4-5,8H2,1-3H3,(H,17,19). The fourth-order valence-electron chi connectivity index (χ4n) is 2.57. The summed E-state index contributed by atoms with van der Waals surface area (Å²) in [6, 6.07) is 5.35. The van der Waals surface area contributed by atoms with E-state index in [1.54, 1.807) is 25.1 Å². The van der Waals surface area contributed by atoms with Gasteiger partial charge in [-0.05, 0) is 50.9 Å². The highest BCUT2D eigenvalue weighted by atomic mass is 32.2. The molecule has 1 saturated heterocycles. The number of aryl methyl sites for hydroxylation is 1. The first-order valence-corrected chi connectivity index (χ1v) is 9.28. The molecule has 0 aliphatic carbocycles. The maximum Gasteiger partial charge on any atom is 0.251 e. The Hall–Kier alpha value is -1.60. The number of benzene rings is 1. The van der Waals surface area contributed by atoms with E-state index in [2.05, 4.69) is 22.3 Å². The number of amides is 1. The van der Waals surface area contributed by atoms with Crippen LogP contribution < -0.4 is 15.4 Å². The molecule has 1 amide bonds. The van der Waals surface area contributed by atoms with Gasteiger partial charge in [0.25, 0.3) is 5.91 Å². The van der Waals surface area contributed by atoms with Crippen molar-refractivity contribution in [3.8, 4) is 0 Å². The van der Waals surface area contributed by atoms with Crippen LogP contribution in [0, 0.1) is 6.92 Å². The topological polar surface area (TPSA) is 87.3 Å². The molecule has 2 rings (SSSR count). The lowest BCUT2D eigenvalue weighted by Gasteiger charge is -2.30. The summed E-state index contributed by atoms with van der Waals surface area (Å²) in [5.74, 6) is -0.183. The van der Waals surface area contributed by atoms with E-state index in [0.717, 1.165) is 31.2 Å². The Bertz CT molecular complexity index is 658. The molecular formula is C15H23N3O3S. The first kappa shape index (κ1) is 16.8. The minimum absolute atomic E-state index is 0.0915. The molecule has 1 fully saturated rings. The summed E-state index contributed by atoms with van der Waals surface area (Å²) in [5.41, 5.74) is 1.66. The first-order chi connectivity index (χ1) is 10.3. The molecule has 7 heteroatoms. The molecule has 1 aliphatic heterocycles. The van der Waals surface area contributed by atoms with Crippen LogP contribution in [-0.4, -0.2) is 39.2 Å². The molecule has 2 unspecified atom stereocenters.